The highest BCUT2D eigenvalue weighted by Crippen LogP contribution is 2.22. The summed E-state index contributed by atoms with van der Waals surface area (Å²) >= 11 is 0. The zero-order valence-electron chi connectivity index (χ0n) is 14.0. The van der Waals surface area contributed by atoms with E-state index in [1.807, 2.05) is 35.2 Å². The number of rotatable bonds is 4. The average Bonchev–Trinajstić information content (AvgIpc) is 3.01. The number of urea groups is 1. The first-order valence-electron chi connectivity index (χ1n) is 8.12. The SMILES string of the molecule is Cc1cc(NC(=O)N2CCN(C(C(N)=O)c3ccccc3)CC2)no1. The van der Waals surface area contributed by atoms with Crippen molar-refractivity contribution in [2.45, 2.75) is 13.0 Å². The molecule has 0 saturated carbocycles. The zero-order valence-corrected chi connectivity index (χ0v) is 14.0. The maximum atomic E-state index is 12.3. The van der Waals surface area contributed by atoms with Gasteiger partial charge in [0.2, 0.25) is 5.91 Å². The topological polar surface area (TPSA) is 105 Å². The quantitative estimate of drug-likeness (QED) is 0.872. The van der Waals surface area contributed by atoms with Gasteiger partial charge in [0.1, 0.15) is 11.8 Å². The van der Waals surface area contributed by atoms with E-state index in [1.165, 1.54) is 0 Å². The van der Waals surface area contributed by atoms with E-state index in [-0.39, 0.29) is 11.9 Å². The molecular formula is C17H21N5O3. The van der Waals surface area contributed by atoms with E-state index in [2.05, 4.69) is 10.5 Å². The molecule has 1 aromatic heterocycles. The summed E-state index contributed by atoms with van der Waals surface area (Å²) in [6.07, 6.45) is 0. The fourth-order valence-corrected chi connectivity index (χ4v) is 2.99. The number of anilines is 1. The minimum atomic E-state index is -0.482. The Morgan fingerprint density at radius 3 is 2.44 bits per heavy atom. The second kappa shape index (κ2) is 7.35. The van der Waals surface area contributed by atoms with Crippen LogP contribution in [-0.2, 0) is 4.79 Å². The standard InChI is InChI=1S/C17H21N5O3/c1-12-11-14(20-25-12)19-17(24)22-9-7-21(8-10-22)15(16(18)23)13-5-3-2-4-6-13/h2-6,11,15H,7-10H2,1H3,(H2,18,23)(H,19,20,24). The van der Waals surface area contributed by atoms with E-state index in [0.717, 1.165) is 5.56 Å². The molecule has 0 spiro atoms. The Balaban J connectivity index is 1.60. The van der Waals surface area contributed by atoms with Gasteiger partial charge in [0.15, 0.2) is 5.82 Å². The van der Waals surface area contributed by atoms with Crippen LogP contribution in [0.15, 0.2) is 40.9 Å². The van der Waals surface area contributed by atoms with Crippen molar-refractivity contribution < 1.29 is 14.1 Å². The second-order valence-corrected chi connectivity index (χ2v) is 5.99. The molecule has 132 valence electrons. The number of aromatic nitrogens is 1. The molecule has 25 heavy (non-hydrogen) atoms. The molecule has 2 heterocycles. The van der Waals surface area contributed by atoms with Crippen LogP contribution in [0, 0.1) is 6.92 Å². The van der Waals surface area contributed by atoms with Crippen LogP contribution < -0.4 is 11.1 Å². The lowest BCUT2D eigenvalue weighted by Crippen LogP contribution is -2.52. The highest BCUT2D eigenvalue weighted by molar-refractivity contribution is 5.88. The predicted octanol–water partition coefficient (Wildman–Crippen LogP) is 1.36. The van der Waals surface area contributed by atoms with Crippen LogP contribution in [0.1, 0.15) is 17.4 Å². The Morgan fingerprint density at radius 1 is 1.20 bits per heavy atom. The number of benzene rings is 1. The van der Waals surface area contributed by atoms with Crippen LogP contribution in [0.3, 0.4) is 0 Å². The van der Waals surface area contributed by atoms with Crippen LogP contribution in [0.2, 0.25) is 0 Å². The van der Waals surface area contributed by atoms with Gasteiger partial charge in [-0.25, -0.2) is 4.79 Å². The Kier molecular flexibility index (Phi) is 4.99. The molecule has 3 amide bonds. The van der Waals surface area contributed by atoms with Crippen LogP contribution in [-0.4, -0.2) is 53.1 Å². The zero-order chi connectivity index (χ0) is 17.8. The molecule has 3 N–H and O–H groups in total. The van der Waals surface area contributed by atoms with Crippen molar-refractivity contribution in [1.29, 1.82) is 0 Å². The minimum absolute atomic E-state index is 0.233. The number of aryl methyl sites for hydroxylation is 1. The van der Waals surface area contributed by atoms with Crippen molar-refractivity contribution in [1.82, 2.24) is 15.0 Å². The summed E-state index contributed by atoms with van der Waals surface area (Å²) in [5.41, 5.74) is 6.47. The lowest BCUT2D eigenvalue weighted by atomic mass is 10.0. The molecule has 3 rings (SSSR count). The normalized spacial score (nSPS) is 16.4. The number of piperazine rings is 1. The molecule has 0 bridgehead atoms. The number of nitrogens with zero attached hydrogens (tertiary/aromatic N) is 3. The Bertz CT molecular complexity index is 738. The smallest absolute Gasteiger partial charge is 0.323 e. The molecule has 2 aromatic rings. The van der Waals surface area contributed by atoms with Crippen LogP contribution >= 0.6 is 0 Å². The monoisotopic (exact) mass is 343 g/mol. The maximum Gasteiger partial charge on any atom is 0.323 e. The van der Waals surface area contributed by atoms with Crippen LogP contribution in [0.4, 0.5) is 10.6 Å². The van der Waals surface area contributed by atoms with Gasteiger partial charge < -0.3 is 15.2 Å². The molecule has 1 aliphatic heterocycles. The van der Waals surface area contributed by atoms with Gasteiger partial charge in [-0.05, 0) is 12.5 Å². The van der Waals surface area contributed by atoms with Gasteiger partial charge >= 0.3 is 6.03 Å². The number of amides is 3. The van der Waals surface area contributed by atoms with Gasteiger partial charge in [0, 0.05) is 32.2 Å². The maximum absolute atomic E-state index is 12.3. The summed E-state index contributed by atoms with van der Waals surface area (Å²) in [7, 11) is 0. The molecule has 1 unspecified atom stereocenters. The fourth-order valence-electron chi connectivity index (χ4n) is 2.99. The van der Waals surface area contributed by atoms with Gasteiger partial charge in [0.05, 0.1) is 0 Å². The first kappa shape index (κ1) is 17.0. The number of nitrogens with two attached hydrogens (primary N) is 1. The minimum Gasteiger partial charge on any atom is -0.368 e. The van der Waals surface area contributed by atoms with Gasteiger partial charge in [-0.2, -0.15) is 0 Å². The van der Waals surface area contributed by atoms with Gasteiger partial charge in [-0.3, -0.25) is 15.0 Å². The molecule has 1 saturated heterocycles. The van der Waals surface area contributed by atoms with E-state index in [0.29, 0.717) is 37.8 Å². The van der Waals surface area contributed by atoms with Gasteiger partial charge in [-0.15, -0.1) is 0 Å². The van der Waals surface area contributed by atoms with E-state index in [9.17, 15) is 9.59 Å². The van der Waals surface area contributed by atoms with Crippen molar-refractivity contribution in [2.75, 3.05) is 31.5 Å². The van der Waals surface area contributed by atoms with E-state index in [4.69, 9.17) is 10.3 Å². The Hall–Kier alpha value is -2.87. The van der Waals surface area contributed by atoms with Crippen LogP contribution in [0.25, 0.3) is 0 Å². The molecule has 8 nitrogen and oxygen atoms in total. The number of carbonyl (C=O) groups excluding carboxylic acids is 2. The second-order valence-electron chi connectivity index (χ2n) is 5.99. The summed E-state index contributed by atoms with van der Waals surface area (Å²) < 4.78 is 4.93. The van der Waals surface area contributed by atoms with E-state index in [1.54, 1.807) is 17.9 Å². The molecular weight excluding hydrogens is 322 g/mol. The average molecular weight is 343 g/mol. The third-order valence-corrected chi connectivity index (χ3v) is 4.21. The predicted molar refractivity (Wildman–Crippen MR) is 91.8 cm³/mol. The summed E-state index contributed by atoms with van der Waals surface area (Å²) in [6.45, 7) is 3.88. The first-order valence-corrected chi connectivity index (χ1v) is 8.12. The molecule has 0 aliphatic carbocycles. The van der Waals surface area contributed by atoms with Crippen LogP contribution in [0.5, 0.6) is 0 Å². The molecule has 1 aromatic carbocycles. The lowest BCUT2D eigenvalue weighted by molar-refractivity contribution is -0.124. The summed E-state index contributed by atoms with van der Waals surface area (Å²) in [5.74, 6) is 0.638. The Morgan fingerprint density at radius 2 is 1.88 bits per heavy atom. The third kappa shape index (κ3) is 3.97. The first-order chi connectivity index (χ1) is 12.0. The Labute approximate surface area is 145 Å². The largest absolute Gasteiger partial charge is 0.368 e. The number of primary amides is 1. The van der Waals surface area contributed by atoms with Crippen molar-refractivity contribution in [3.63, 3.8) is 0 Å². The highest BCUT2D eigenvalue weighted by Gasteiger charge is 2.30. The van der Waals surface area contributed by atoms with Gasteiger partial charge in [-0.1, -0.05) is 35.5 Å². The van der Waals surface area contributed by atoms with Crippen molar-refractivity contribution in [3.8, 4) is 0 Å². The van der Waals surface area contributed by atoms with Crippen molar-refractivity contribution in [2.24, 2.45) is 5.73 Å². The molecule has 8 heteroatoms. The number of carbonyl (C=O) groups is 2. The highest BCUT2D eigenvalue weighted by atomic mass is 16.5. The van der Waals surface area contributed by atoms with Crippen molar-refractivity contribution in [3.05, 3.63) is 47.7 Å². The number of hydrogen-bond donors (Lipinski definition) is 2. The van der Waals surface area contributed by atoms with E-state index < -0.39 is 6.04 Å². The summed E-state index contributed by atoms with van der Waals surface area (Å²) in [6, 6.07) is 10.4. The third-order valence-electron chi connectivity index (χ3n) is 4.21. The molecule has 1 atom stereocenters. The fraction of sp³-hybridized carbons (Fsp3) is 0.353. The molecule has 0 radical (unpaired) electrons. The van der Waals surface area contributed by atoms with Crippen molar-refractivity contribution >= 4 is 17.8 Å². The summed E-state index contributed by atoms with van der Waals surface area (Å²) in [4.78, 5) is 27.9. The molecule has 1 fully saturated rings. The molecule has 1 aliphatic rings. The number of hydrogen-bond acceptors (Lipinski definition) is 5. The number of nitrogens with one attached hydrogen (secondary N) is 1. The lowest BCUT2D eigenvalue weighted by Gasteiger charge is -2.38. The van der Waals surface area contributed by atoms with E-state index >= 15 is 0 Å². The summed E-state index contributed by atoms with van der Waals surface area (Å²) in [5, 5.41) is 6.45. The van der Waals surface area contributed by atoms with Gasteiger partial charge in [0.25, 0.3) is 0 Å².